The van der Waals surface area contributed by atoms with Crippen LogP contribution in [0.2, 0.25) is 0 Å². The Bertz CT molecular complexity index is 447. The lowest BCUT2D eigenvalue weighted by Gasteiger charge is -2.13. The number of rotatable bonds is 5. The minimum Gasteiger partial charge on any atom is -1.00 e. The third-order valence-electron chi connectivity index (χ3n) is 2.96. The summed E-state index contributed by atoms with van der Waals surface area (Å²) in [5, 5.41) is 0. The SMILES string of the molecule is CC[NH+](CC)CC#CC(OC(C)=O)c1ccccc1.[Cl-]. The maximum atomic E-state index is 11.1. The lowest BCUT2D eigenvalue weighted by atomic mass is 10.1. The lowest BCUT2D eigenvalue weighted by Crippen LogP contribution is -3.11. The van der Waals surface area contributed by atoms with Crippen LogP contribution in [-0.2, 0) is 9.53 Å². The van der Waals surface area contributed by atoms with E-state index in [0.29, 0.717) is 0 Å². The van der Waals surface area contributed by atoms with Crippen LogP contribution in [0.25, 0.3) is 0 Å². The zero-order valence-electron chi connectivity index (χ0n) is 12.3. The van der Waals surface area contributed by atoms with Crippen molar-refractivity contribution in [1.29, 1.82) is 0 Å². The third-order valence-corrected chi connectivity index (χ3v) is 2.96. The zero-order chi connectivity index (χ0) is 14.1. The monoisotopic (exact) mass is 295 g/mol. The van der Waals surface area contributed by atoms with Crippen molar-refractivity contribution in [3.63, 3.8) is 0 Å². The predicted molar refractivity (Wildman–Crippen MR) is 75.6 cm³/mol. The van der Waals surface area contributed by atoms with Crippen molar-refractivity contribution in [2.45, 2.75) is 26.9 Å². The molecule has 0 fully saturated rings. The summed E-state index contributed by atoms with van der Waals surface area (Å²) in [5.41, 5.74) is 0.916. The minimum atomic E-state index is -0.464. The van der Waals surface area contributed by atoms with E-state index < -0.39 is 6.10 Å². The Labute approximate surface area is 127 Å². The van der Waals surface area contributed by atoms with Crippen LogP contribution >= 0.6 is 0 Å². The van der Waals surface area contributed by atoms with Crippen molar-refractivity contribution in [3.8, 4) is 11.8 Å². The highest BCUT2D eigenvalue weighted by Crippen LogP contribution is 2.15. The molecular weight excluding hydrogens is 274 g/mol. The summed E-state index contributed by atoms with van der Waals surface area (Å²) in [4.78, 5) is 12.6. The van der Waals surface area contributed by atoms with Gasteiger partial charge in [-0.15, -0.1) is 0 Å². The number of quaternary nitrogens is 1. The molecule has 0 aliphatic carbocycles. The molecule has 20 heavy (non-hydrogen) atoms. The van der Waals surface area contributed by atoms with Gasteiger partial charge in [0.2, 0.25) is 0 Å². The van der Waals surface area contributed by atoms with E-state index in [1.807, 2.05) is 30.3 Å². The van der Waals surface area contributed by atoms with Crippen molar-refractivity contribution in [3.05, 3.63) is 35.9 Å². The van der Waals surface area contributed by atoms with Gasteiger partial charge >= 0.3 is 5.97 Å². The highest BCUT2D eigenvalue weighted by molar-refractivity contribution is 5.66. The molecule has 0 saturated carbocycles. The number of halogens is 1. The number of hydrogen-bond acceptors (Lipinski definition) is 2. The Morgan fingerprint density at radius 3 is 2.35 bits per heavy atom. The van der Waals surface area contributed by atoms with E-state index in [-0.39, 0.29) is 18.4 Å². The molecule has 1 atom stereocenters. The fourth-order valence-electron chi connectivity index (χ4n) is 1.74. The van der Waals surface area contributed by atoms with Crippen molar-refractivity contribution in [2.75, 3.05) is 19.6 Å². The summed E-state index contributed by atoms with van der Waals surface area (Å²) < 4.78 is 5.26. The second kappa shape index (κ2) is 10.3. The Morgan fingerprint density at radius 1 is 1.25 bits per heavy atom. The third kappa shape index (κ3) is 6.60. The van der Waals surface area contributed by atoms with Gasteiger partial charge in [0.1, 0.15) is 6.54 Å². The van der Waals surface area contributed by atoms with Crippen molar-refractivity contribution in [1.82, 2.24) is 0 Å². The van der Waals surface area contributed by atoms with Crippen LogP contribution in [0.4, 0.5) is 0 Å². The number of hydrogen-bond donors (Lipinski definition) is 1. The molecule has 110 valence electrons. The number of carbonyl (C=O) groups is 1. The molecule has 1 rings (SSSR count). The summed E-state index contributed by atoms with van der Waals surface area (Å²) in [6, 6.07) is 9.62. The van der Waals surface area contributed by atoms with Crippen LogP contribution in [0.15, 0.2) is 30.3 Å². The van der Waals surface area contributed by atoms with Gasteiger partial charge in [0.15, 0.2) is 6.10 Å². The fourth-order valence-corrected chi connectivity index (χ4v) is 1.74. The van der Waals surface area contributed by atoms with Crippen LogP contribution < -0.4 is 17.3 Å². The van der Waals surface area contributed by atoms with Gasteiger partial charge in [-0.05, 0) is 25.7 Å². The predicted octanol–water partition coefficient (Wildman–Crippen LogP) is -1.78. The van der Waals surface area contributed by atoms with Gasteiger partial charge in [-0.2, -0.15) is 0 Å². The van der Waals surface area contributed by atoms with Gasteiger partial charge in [0, 0.05) is 12.5 Å². The summed E-state index contributed by atoms with van der Waals surface area (Å²) in [6.45, 7) is 8.57. The molecule has 0 aromatic heterocycles. The van der Waals surface area contributed by atoms with E-state index in [9.17, 15) is 4.79 Å². The van der Waals surface area contributed by atoms with Crippen LogP contribution in [0.3, 0.4) is 0 Å². The molecule has 1 N–H and O–H groups in total. The van der Waals surface area contributed by atoms with Crippen LogP contribution in [0.5, 0.6) is 0 Å². The van der Waals surface area contributed by atoms with Crippen molar-refractivity contribution in [2.24, 2.45) is 0 Å². The summed E-state index contributed by atoms with van der Waals surface area (Å²) >= 11 is 0. The van der Waals surface area contributed by atoms with E-state index in [1.165, 1.54) is 11.8 Å². The molecule has 0 heterocycles. The standard InChI is InChI=1S/C16H21NO2.ClH/c1-4-17(5-2)13-9-12-16(19-14(3)18)15-10-7-6-8-11-15;/h6-8,10-11,16H,4-5,13H2,1-3H3;1H. The van der Waals surface area contributed by atoms with E-state index >= 15 is 0 Å². The summed E-state index contributed by atoms with van der Waals surface area (Å²) in [5.74, 6) is 5.87. The van der Waals surface area contributed by atoms with Gasteiger partial charge in [-0.25, -0.2) is 0 Å². The van der Waals surface area contributed by atoms with Gasteiger partial charge in [0.05, 0.1) is 13.1 Å². The van der Waals surface area contributed by atoms with E-state index in [2.05, 4.69) is 25.7 Å². The Hall–Kier alpha value is -1.50. The summed E-state index contributed by atoms with van der Waals surface area (Å²) in [7, 11) is 0. The molecule has 0 amide bonds. The maximum absolute atomic E-state index is 11.1. The molecule has 3 nitrogen and oxygen atoms in total. The minimum absolute atomic E-state index is 0. The first kappa shape index (κ1) is 18.5. The fraction of sp³-hybridized carbons (Fsp3) is 0.438. The number of nitrogens with one attached hydrogen (secondary N) is 1. The topological polar surface area (TPSA) is 30.7 Å². The molecule has 0 spiro atoms. The normalized spacial score (nSPS) is 11.0. The first-order chi connectivity index (χ1) is 9.17. The molecule has 0 saturated heterocycles. The molecule has 1 unspecified atom stereocenters. The smallest absolute Gasteiger partial charge is 0.304 e. The van der Waals surface area contributed by atoms with Crippen molar-refractivity contribution >= 4 is 5.97 Å². The molecular formula is C16H22ClNO2. The maximum Gasteiger partial charge on any atom is 0.304 e. The van der Waals surface area contributed by atoms with Gasteiger partial charge in [0.25, 0.3) is 0 Å². The highest BCUT2D eigenvalue weighted by atomic mass is 35.5. The Morgan fingerprint density at radius 2 is 1.85 bits per heavy atom. The quantitative estimate of drug-likeness (QED) is 0.515. The second-order valence-corrected chi connectivity index (χ2v) is 4.36. The number of carbonyl (C=O) groups excluding carboxylic acids is 1. The van der Waals surface area contributed by atoms with Gasteiger partial charge < -0.3 is 22.0 Å². The van der Waals surface area contributed by atoms with E-state index in [4.69, 9.17) is 4.74 Å². The number of esters is 1. The average molecular weight is 296 g/mol. The molecule has 1 aromatic rings. The Balaban J connectivity index is 0.00000361. The van der Waals surface area contributed by atoms with Gasteiger partial charge in [-0.1, -0.05) is 30.3 Å². The first-order valence-corrected chi connectivity index (χ1v) is 6.71. The van der Waals surface area contributed by atoms with Crippen LogP contribution in [-0.4, -0.2) is 25.6 Å². The Kier molecular flexibility index (Phi) is 9.53. The van der Waals surface area contributed by atoms with E-state index in [1.54, 1.807) is 0 Å². The molecule has 0 bridgehead atoms. The zero-order valence-corrected chi connectivity index (χ0v) is 13.0. The largest absolute Gasteiger partial charge is 1.00 e. The van der Waals surface area contributed by atoms with Gasteiger partial charge in [-0.3, -0.25) is 4.79 Å². The van der Waals surface area contributed by atoms with Crippen LogP contribution in [0.1, 0.15) is 32.4 Å². The second-order valence-electron chi connectivity index (χ2n) is 4.36. The van der Waals surface area contributed by atoms with Crippen molar-refractivity contribution < 1.29 is 26.8 Å². The molecule has 0 radical (unpaired) electrons. The van der Waals surface area contributed by atoms with E-state index in [0.717, 1.165) is 25.2 Å². The molecule has 1 aromatic carbocycles. The molecule has 0 aliphatic heterocycles. The average Bonchev–Trinajstić information content (AvgIpc) is 2.43. The number of benzene rings is 1. The lowest BCUT2D eigenvalue weighted by molar-refractivity contribution is -0.889. The first-order valence-electron chi connectivity index (χ1n) is 6.71. The van der Waals surface area contributed by atoms with Crippen LogP contribution in [0, 0.1) is 11.8 Å². The highest BCUT2D eigenvalue weighted by Gasteiger charge is 2.11. The summed E-state index contributed by atoms with van der Waals surface area (Å²) in [6.07, 6.45) is -0.464. The molecule has 0 aliphatic rings. The number of ether oxygens (including phenoxy) is 1. The molecule has 4 heteroatoms.